The first kappa shape index (κ1) is 14.9. The topological polar surface area (TPSA) is 34.1 Å². The highest BCUT2D eigenvalue weighted by molar-refractivity contribution is 7.90. The molecule has 0 bridgehead atoms. The van der Waals surface area contributed by atoms with Gasteiger partial charge in [0, 0.05) is 16.0 Å². The van der Waals surface area contributed by atoms with Gasteiger partial charge in [-0.05, 0) is 47.5 Å². The van der Waals surface area contributed by atoms with E-state index in [2.05, 4.69) is 0 Å². The third-order valence-electron chi connectivity index (χ3n) is 3.30. The Kier molecular flexibility index (Phi) is 3.85. The van der Waals surface area contributed by atoms with E-state index in [1.165, 1.54) is 18.4 Å². The van der Waals surface area contributed by atoms with Crippen molar-refractivity contribution in [2.75, 3.05) is 6.26 Å². The molecular weight excluding hydrogens is 319 g/mol. The van der Waals surface area contributed by atoms with Crippen LogP contribution in [0.1, 0.15) is 0 Å². The van der Waals surface area contributed by atoms with Gasteiger partial charge in [-0.1, -0.05) is 24.3 Å². The van der Waals surface area contributed by atoms with Gasteiger partial charge in [0.25, 0.3) is 0 Å². The van der Waals surface area contributed by atoms with Crippen LogP contribution in [0.15, 0.2) is 65.6 Å². The number of rotatable bonds is 3. The molecule has 0 unspecified atom stereocenters. The van der Waals surface area contributed by atoms with Crippen LogP contribution >= 0.6 is 11.3 Å². The van der Waals surface area contributed by atoms with E-state index < -0.39 is 9.84 Å². The zero-order chi connectivity index (χ0) is 15.7. The van der Waals surface area contributed by atoms with Gasteiger partial charge in [0.1, 0.15) is 5.82 Å². The molecule has 0 amide bonds. The number of halogens is 1. The maximum Gasteiger partial charge on any atom is 0.175 e. The Morgan fingerprint density at radius 3 is 1.68 bits per heavy atom. The number of thiophene rings is 1. The molecule has 22 heavy (non-hydrogen) atoms. The highest BCUT2D eigenvalue weighted by Crippen LogP contribution is 2.34. The van der Waals surface area contributed by atoms with Crippen LogP contribution < -0.4 is 0 Å². The SMILES string of the molecule is CS(=O)(=O)c1ccc(-c2ccc(-c3ccc(F)cc3)s2)cc1. The summed E-state index contributed by atoms with van der Waals surface area (Å²) in [6, 6.07) is 17.2. The number of sulfone groups is 1. The summed E-state index contributed by atoms with van der Waals surface area (Å²) in [4.78, 5) is 2.40. The van der Waals surface area contributed by atoms with E-state index in [0.29, 0.717) is 4.90 Å². The van der Waals surface area contributed by atoms with Crippen LogP contribution in [-0.2, 0) is 9.84 Å². The van der Waals surface area contributed by atoms with Gasteiger partial charge in [-0.3, -0.25) is 0 Å². The first-order valence-corrected chi connectivity index (χ1v) is 9.30. The fraction of sp³-hybridized carbons (Fsp3) is 0.0588. The van der Waals surface area contributed by atoms with E-state index in [0.717, 1.165) is 20.9 Å². The molecule has 0 aliphatic rings. The summed E-state index contributed by atoms with van der Waals surface area (Å²) < 4.78 is 35.9. The Bertz CT molecular complexity index is 893. The van der Waals surface area contributed by atoms with Gasteiger partial charge >= 0.3 is 0 Å². The van der Waals surface area contributed by atoms with Crippen molar-refractivity contribution < 1.29 is 12.8 Å². The van der Waals surface area contributed by atoms with Crippen molar-refractivity contribution in [2.24, 2.45) is 0 Å². The third kappa shape index (κ3) is 3.10. The lowest BCUT2D eigenvalue weighted by atomic mass is 10.1. The fourth-order valence-electron chi connectivity index (χ4n) is 2.13. The molecular formula is C17H13FO2S2. The van der Waals surface area contributed by atoms with Crippen LogP contribution in [-0.4, -0.2) is 14.7 Å². The van der Waals surface area contributed by atoms with Crippen LogP contribution in [0.25, 0.3) is 20.9 Å². The summed E-state index contributed by atoms with van der Waals surface area (Å²) in [5.74, 6) is -0.253. The largest absolute Gasteiger partial charge is 0.224 e. The van der Waals surface area contributed by atoms with Gasteiger partial charge in [-0.2, -0.15) is 0 Å². The molecule has 2 nitrogen and oxygen atoms in total. The van der Waals surface area contributed by atoms with E-state index in [-0.39, 0.29) is 5.82 Å². The predicted molar refractivity (Wildman–Crippen MR) is 88.3 cm³/mol. The molecule has 2 aromatic carbocycles. The highest BCUT2D eigenvalue weighted by atomic mass is 32.2. The maximum absolute atomic E-state index is 13.0. The van der Waals surface area contributed by atoms with Crippen molar-refractivity contribution in [3.05, 3.63) is 66.5 Å². The number of hydrogen-bond donors (Lipinski definition) is 0. The first-order valence-electron chi connectivity index (χ1n) is 6.60. The number of hydrogen-bond acceptors (Lipinski definition) is 3. The molecule has 1 aromatic heterocycles. The molecule has 0 fully saturated rings. The molecule has 0 atom stereocenters. The lowest BCUT2D eigenvalue weighted by Crippen LogP contribution is -1.95. The van der Waals surface area contributed by atoms with E-state index in [9.17, 15) is 12.8 Å². The van der Waals surface area contributed by atoms with Crippen LogP contribution in [0, 0.1) is 5.82 Å². The molecule has 0 radical (unpaired) electrons. The summed E-state index contributed by atoms with van der Waals surface area (Å²) in [6.07, 6.45) is 1.19. The third-order valence-corrected chi connectivity index (χ3v) is 5.61. The monoisotopic (exact) mass is 332 g/mol. The van der Waals surface area contributed by atoms with Crippen LogP contribution in [0.5, 0.6) is 0 Å². The van der Waals surface area contributed by atoms with Gasteiger partial charge in [-0.15, -0.1) is 11.3 Å². The van der Waals surface area contributed by atoms with E-state index in [1.54, 1.807) is 47.7 Å². The van der Waals surface area contributed by atoms with Gasteiger partial charge in [0.15, 0.2) is 9.84 Å². The molecule has 5 heteroatoms. The van der Waals surface area contributed by atoms with Crippen LogP contribution in [0.2, 0.25) is 0 Å². The van der Waals surface area contributed by atoms with Gasteiger partial charge in [0.05, 0.1) is 4.90 Å². The van der Waals surface area contributed by atoms with Crippen molar-refractivity contribution in [1.82, 2.24) is 0 Å². The van der Waals surface area contributed by atoms with Gasteiger partial charge in [-0.25, -0.2) is 12.8 Å². The smallest absolute Gasteiger partial charge is 0.175 e. The Hall–Kier alpha value is -1.98. The summed E-state index contributed by atoms with van der Waals surface area (Å²) in [6.45, 7) is 0. The lowest BCUT2D eigenvalue weighted by Gasteiger charge is -2.01. The zero-order valence-corrected chi connectivity index (χ0v) is 13.4. The van der Waals surface area contributed by atoms with Gasteiger partial charge < -0.3 is 0 Å². The maximum atomic E-state index is 13.0. The normalized spacial score (nSPS) is 11.5. The second-order valence-electron chi connectivity index (χ2n) is 4.97. The van der Waals surface area contributed by atoms with Gasteiger partial charge in [0.2, 0.25) is 0 Å². The molecule has 0 spiro atoms. The summed E-state index contributed by atoms with van der Waals surface area (Å²) >= 11 is 1.59. The molecule has 1 heterocycles. The molecule has 0 N–H and O–H groups in total. The minimum Gasteiger partial charge on any atom is -0.224 e. The predicted octanol–water partition coefficient (Wildman–Crippen LogP) is 4.62. The van der Waals surface area contributed by atoms with E-state index in [4.69, 9.17) is 0 Å². The van der Waals surface area contributed by atoms with E-state index in [1.807, 2.05) is 12.1 Å². The first-order chi connectivity index (χ1) is 10.4. The van der Waals surface area contributed by atoms with Crippen molar-refractivity contribution in [3.63, 3.8) is 0 Å². The molecule has 112 valence electrons. The summed E-state index contributed by atoms with van der Waals surface area (Å²) in [7, 11) is -3.18. The molecule has 3 rings (SSSR count). The average Bonchev–Trinajstić information content (AvgIpc) is 2.97. The molecule has 0 aliphatic carbocycles. The van der Waals surface area contributed by atoms with Crippen LogP contribution in [0.3, 0.4) is 0 Å². The van der Waals surface area contributed by atoms with Crippen molar-refractivity contribution >= 4 is 21.2 Å². The minimum absolute atomic E-state index is 0.253. The minimum atomic E-state index is -3.18. The average molecular weight is 332 g/mol. The standard InChI is InChI=1S/C17H13FO2S2/c1-22(19,20)15-8-4-13(5-9-15)17-11-10-16(21-17)12-2-6-14(18)7-3-12/h2-11H,1H3. The van der Waals surface area contributed by atoms with Crippen LogP contribution in [0.4, 0.5) is 4.39 Å². The highest BCUT2D eigenvalue weighted by Gasteiger charge is 2.09. The Morgan fingerprint density at radius 2 is 1.23 bits per heavy atom. The van der Waals surface area contributed by atoms with E-state index >= 15 is 0 Å². The summed E-state index contributed by atoms with van der Waals surface area (Å²) in [5, 5.41) is 0. The second-order valence-corrected chi connectivity index (χ2v) is 8.07. The fourth-order valence-corrected chi connectivity index (χ4v) is 3.78. The molecule has 3 aromatic rings. The Labute approximate surface area is 132 Å². The second kappa shape index (κ2) is 5.66. The lowest BCUT2D eigenvalue weighted by molar-refractivity contribution is 0.602. The zero-order valence-electron chi connectivity index (χ0n) is 11.8. The Balaban J connectivity index is 1.92. The molecule has 0 saturated heterocycles. The molecule has 0 aliphatic heterocycles. The van der Waals surface area contributed by atoms with Crippen molar-refractivity contribution in [3.8, 4) is 20.9 Å². The quantitative estimate of drug-likeness (QED) is 0.701. The number of benzene rings is 2. The molecule has 0 saturated carbocycles. The summed E-state index contributed by atoms with van der Waals surface area (Å²) in [5.41, 5.74) is 1.93. The Morgan fingerprint density at radius 1 is 0.773 bits per heavy atom. The van der Waals surface area contributed by atoms with Crippen molar-refractivity contribution in [2.45, 2.75) is 4.90 Å². The van der Waals surface area contributed by atoms with Crippen molar-refractivity contribution in [1.29, 1.82) is 0 Å².